The Balaban J connectivity index is 1.72. The van der Waals surface area contributed by atoms with Gasteiger partial charge < -0.3 is 9.67 Å². The van der Waals surface area contributed by atoms with E-state index >= 15 is 0 Å². The first-order valence-corrected chi connectivity index (χ1v) is 9.65. The topological polar surface area (TPSA) is 42.2 Å². The molecule has 0 unspecified atom stereocenters. The number of carboxylic acid groups (broad SMARTS) is 1. The van der Waals surface area contributed by atoms with Crippen molar-refractivity contribution in [2.75, 3.05) is 0 Å². The lowest BCUT2D eigenvalue weighted by molar-refractivity contribution is -0.136. The SMILES string of the molecule is O=C(O)CCc1ccc2c(c1)c(CCc1ccccc1)cn2-c1ccccc1. The zero-order valence-electron chi connectivity index (χ0n) is 15.7. The summed E-state index contributed by atoms with van der Waals surface area (Å²) in [4.78, 5) is 10.9. The summed E-state index contributed by atoms with van der Waals surface area (Å²) >= 11 is 0. The van der Waals surface area contributed by atoms with E-state index in [1.54, 1.807) is 0 Å². The van der Waals surface area contributed by atoms with Gasteiger partial charge in [0, 0.05) is 23.7 Å². The van der Waals surface area contributed by atoms with Crippen LogP contribution in [0.5, 0.6) is 0 Å². The van der Waals surface area contributed by atoms with Gasteiger partial charge in [0.1, 0.15) is 0 Å². The molecule has 1 heterocycles. The van der Waals surface area contributed by atoms with Gasteiger partial charge in [-0.3, -0.25) is 4.79 Å². The number of rotatable bonds is 7. The van der Waals surface area contributed by atoms with Gasteiger partial charge in [-0.15, -0.1) is 0 Å². The average Bonchev–Trinajstić information content (AvgIpc) is 3.10. The highest BCUT2D eigenvalue weighted by Crippen LogP contribution is 2.27. The van der Waals surface area contributed by atoms with Crippen LogP contribution in [0.2, 0.25) is 0 Å². The maximum Gasteiger partial charge on any atom is 0.303 e. The highest BCUT2D eigenvalue weighted by atomic mass is 16.4. The predicted octanol–water partition coefficient (Wildman–Crippen LogP) is 5.43. The Morgan fingerprint density at radius 1 is 0.786 bits per heavy atom. The molecule has 0 amide bonds. The van der Waals surface area contributed by atoms with Crippen molar-refractivity contribution < 1.29 is 9.90 Å². The molecule has 0 fully saturated rings. The molecule has 4 rings (SSSR count). The van der Waals surface area contributed by atoms with Crippen molar-refractivity contribution in [3.05, 3.63) is 102 Å². The van der Waals surface area contributed by atoms with Gasteiger partial charge in [-0.25, -0.2) is 0 Å². The van der Waals surface area contributed by atoms with Gasteiger partial charge in [0.05, 0.1) is 5.52 Å². The van der Waals surface area contributed by atoms with E-state index in [-0.39, 0.29) is 6.42 Å². The molecule has 0 aliphatic heterocycles. The third-order valence-electron chi connectivity index (χ3n) is 5.14. The molecule has 28 heavy (non-hydrogen) atoms. The minimum absolute atomic E-state index is 0.157. The minimum Gasteiger partial charge on any atom is -0.481 e. The van der Waals surface area contributed by atoms with Crippen LogP contribution < -0.4 is 0 Å². The van der Waals surface area contributed by atoms with Crippen molar-refractivity contribution in [1.29, 1.82) is 0 Å². The number of carboxylic acids is 1. The second-order valence-electron chi connectivity index (χ2n) is 7.09. The molecular formula is C25H23NO2. The summed E-state index contributed by atoms with van der Waals surface area (Å²) in [5.74, 6) is -0.758. The molecule has 4 aromatic rings. The van der Waals surface area contributed by atoms with Gasteiger partial charge in [-0.2, -0.15) is 0 Å². The van der Waals surface area contributed by atoms with Gasteiger partial charge in [-0.1, -0.05) is 54.6 Å². The molecule has 0 aliphatic carbocycles. The van der Waals surface area contributed by atoms with Crippen LogP contribution in [0.1, 0.15) is 23.1 Å². The maximum absolute atomic E-state index is 10.9. The normalized spacial score (nSPS) is 11.0. The largest absolute Gasteiger partial charge is 0.481 e. The number of carbonyl (C=O) groups is 1. The summed E-state index contributed by atoms with van der Waals surface area (Å²) in [6, 6.07) is 27.2. The van der Waals surface area contributed by atoms with Crippen LogP contribution in [0.3, 0.4) is 0 Å². The second kappa shape index (κ2) is 8.13. The van der Waals surface area contributed by atoms with Crippen LogP contribution in [-0.4, -0.2) is 15.6 Å². The Kier molecular flexibility index (Phi) is 5.24. The number of aromatic nitrogens is 1. The molecule has 0 aliphatic rings. The second-order valence-corrected chi connectivity index (χ2v) is 7.09. The summed E-state index contributed by atoms with van der Waals surface area (Å²) in [6.45, 7) is 0. The van der Waals surface area contributed by atoms with Crippen molar-refractivity contribution in [3.63, 3.8) is 0 Å². The third-order valence-corrected chi connectivity index (χ3v) is 5.14. The summed E-state index contributed by atoms with van der Waals surface area (Å²) in [6.07, 6.45) is 4.87. The molecule has 140 valence electrons. The number of benzene rings is 3. The first-order valence-electron chi connectivity index (χ1n) is 9.65. The zero-order valence-corrected chi connectivity index (χ0v) is 15.7. The van der Waals surface area contributed by atoms with Gasteiger partial charge in [0.15, 0.2) is 0 Å². The molecule has 0 bridgehead atoms. The molecule has 3 nitrogen and oxygen atoms in total. The number of aliphatic carboxylic acids is 1. The molecule has 0 radical (unpaired) electrons. The quantitative estimate of drug-likeness (QED) is 0.472. The van der Waals surface area contributed by atoms with Crippen molar-refractivity contribution in [2.45, 2.75) is 25.7 Å². The van der Waals surface area contributed by atoms with Crippen LogP contribution in [0, 0.1) is 0 Å². The Bertz CT molecular complexity index is 1080. The van der Waals surface area contributed by atoms with Gasteiger partial charge in [-0.05, 0) is 60.2 Å². The fourth-order valence-electron chi connectivity index (χ4n) is 3.68. The third kappa shape index (κ3) is 3.99. The summed E-state index contributed by atoms with van der Waals surface area (Å²) in [5, 5.41) is 10.2. The number of para-hydroxylation sites is 1. The van der Waals surface area contributed by atoms with E-state index in [9.17, 15) is 4.79 Å². The van der Waals surface area contributed by atoms with Crippen LogP contribution in [-0.2, 0) is 24.1 Å². The van der Waals surface area contributed by atoms with Gasteiger partial charge in [0.2, 0.25) is 0 Å². The van der Waals surface area contributed by atoms with Gasteiger partial charge in [0.25, 0.3) is 0 Å². The van der Waals surface area contributed by atoms with E-state index in [1.807, 2.05) is 30.3 Å². The van der Waals surface area contributed by atoms with Crippen LogP contribution in [0.25, 0.3) is 16.6 Å². The average molecular weight is 369 g/mol. The van der Waals surface area contributed by atoms with Gasteiger partial charge >= 0.3 is 5.97 Å². The smallest absolute Gasteiger partial charge is 0.303 e. The van der Waals surface area contributed by atoms with E-state index in [0.717, 1.165) is 29.6 Å². The fraction of sp³-hybridized carbons (Fsp3) is 0.160. The molecule has 0 atom stereocenters. The Morgan fingerprint density at radius 3 is 2.21 bits per heavy atom. The molecule has 3 aromatic carbocycles. The molecular weight excluding hydrogens is 346 g/mol. The van der Waals surface area contributed by atoms with Crippen LogP contribution in [0.15, 0.2) is 85.1 Å². The Morgan fingerprint density at radius 2 is 1.50 bits per heavy atom. The molecule has 3 heteroatoms. The molecule has 0 saturated carbocycles. The number of hydrogen-bond donors (Lipinski definition) is 1. The van der Waals surface area contributed by atoms with E-state index in [0.29, 0.717) is 6.42 Å². The zero-order chi connectivity index (χ0) is 19.3. The van der Waals surface area contributed by atoms with E-state index in [2.05, 4.69) is 59.3 Å². The lowest BCUT2D eigenvalue weighted by Gasteiger charge is -2.06. The monoisotopic (exact) mass is 369 g/mol. The van der Waals surface area contributed by atoms with Crippen molar-refractivity contribution in [3.8, 4) is 5.69 Å². The summed E-state index contributed by atoms with van der Waals surface area (Å²) in [5.41, 5.74) is 5.98. The summed E-state index contributed by atoms with van der Waals surface area (Å²) < 4.78 is 2.23. The Labute approximate surface area is 164 Å². The van der Waals surface area contributed by atoms with Crippen molar-refractivity contribution in [2.24, 2.45) is 0 Å². The number of hydrogen-bond acceptors (Lipinski definition) is 1. The van der Waals surface area contributed by atoms with E-state index in [4.69, 9.17) is 5.11 Å². The maximum atomic E-state index is 10.9. The molecule has 0 saturated heterocycles. The van der Waals surface area contributed by atoms with E-state index in [1.165, 1.54) is 16.5 Å². The van der Waals surface area contributed by atoms with Crippen molar-refractivity contribution >= 4 is 16.9 Å². The first-order chi connectivity index (χ1) is 13.7. The molecule has 0 spiro atoms. The Hall–Kier alpha value is -3.33. The summed E-state index contributed by atoms with van der Waals surface area (Å²) in [7, 11) is 0. The molecule has 1 N–H and O–H groups in total. The first kappa shape index (κ1) is 18.1. The number of aryl methyl sites for hydroxylation is 3. The van der Waals surface area contributed by atoms with Crippen LogP contribution >= 0.6 is 0 Å². The number of fused-ring (bicyclic) bond motifs is 1. The minimum atomic E-state index is -0.758. The standard InChI is InChI=1S/C25H23NO2/c27-25(28)16-13-20-12-15-24-23(17-20)21(14-11-19-7-3-1-4-8-19)18-26(24)22-9-5-2-6-10-22/h1-10,12,15,17-18H,11,13-14,16H2,(H,27,28). The predicted molar refractivity (Wildman–Crippen MR) is 113 cm³/mol. The van der Waals surface area contributed by atoms with Crippen molar-refractivity contribution in [1.82, 2.24) is 4.57 Å². The van der Waals surface area contributed by atoms with Crippen LogP contribution in [0.4, 0.5) is 0 Å². The number of nitrogens with zero attached hydrogens (tertiary/aromatic N) is 1. The fourth-order valence-corrected chi connectivity index (χ4v) is 3.68. The highest BCUT2D eigenvalue weighted by Gasteiger charge is 2.11. The lowest BCUT2D eigenvalue weighted by Crippen LogP contribution is -1.97. The molecule has 1 aromatic heterocycles. The highest BCUT2D eigenvalue weighted by molar-refractivity contribution is 5.86. The van der Waals surface area contributed by atoms with E-state index < -0.39 is 5.97 Å². The lowest BCUT2D eigenvalue weighted by atomic mass is 10.0.